The van der Waals surface area contributed by atoms with Gasteiger partial charge in [-0.3, -0.25) is 9.59 Å². The van der Waals surface area contributed by atoms with Crippen molar-refractivity contribution in [1.82, 2.24) is 0 Å². The number of hydrogen-bond donors (Lipinski definition) is 0. The molecule has 7 heteroatoms. The molecule has 7 nitrogen and oxygen atoms in total. The summed E-state index contributed by atoms with van der Waals surface area (Å²) < 4.78 is 17.8. The maximum atomic E-state index is 11.0. The van der Waals surface area contributed by atoms with E-state index < -0.39 is 18.1 Å². The molecule has 0 unspecified atom stereocenters. The summed E-state index contributed by atoms with van der Waals surface area (Å²) in [7, 11) is 0. The molecule has 0 aromatic heterocycles. The molecule has 0 atom stereocenters. The number of ether oxygens (including phenoxy) is 4. The van der Waals surface area contributed by atoms with E-state index in [0.717, 1.165) is 25.0 Å². The van der Waals surface area contributed by atoms with E-state index in [4.69, 9.17) is 0 Å². The van der Waals surface area contributed by atoms with E-state index in [1.807, 2.05) is 0 Å². The van der Waals surface area contributed by atoms with Crippen LogP contribution in [-0.4, -0.2) is 18.1 Å². The molecule has 0 saturated carbocycles. The molecule has 0 fully saturated rings. The first-order valence-electron chi connectivity index (χ1n) is 5.38. The number of rotatable bonds is 8. The Bertz CT molecular complexity index is 382. The average Bonchev–Trinajstić information content (AvgIpc) is 2.40. The first-order valence-corrected chi connectivity index (χ1v) is 5.38. The molecule has 0 rings (SSSR count). The largest absolute Gasteiger partial charge is 0.518 e. The van der Waals surface area contributed by atoms with E-state index in [-0.39, 0.29) is 12.8 Å². The van der Waals surface area contributed by atoms with Crippen molar-refractivity contribution in [3.63, 3.8) is 0 Å². The lowest BCUT2D eigenvalue weighted by atomic mass is 10.4. The Morgan fingerprint density at radius 3 is 1.50 bits per heavy atom. The molecule has 0 aliphatic heterocycles. The molecule has 0 saturated heterocycles. The fourth-order valence-corrected chi connectivity index (χ4v) is 0.806. The number of hydrogen-bond acceptors (Lipinski definition) is 7. The Morgan fingerprint density at radius 2 is 1.15 bits per heavy atom. The van der Waals surface area contributed by atoms with Crippen LogP contribution in [0, 0.1) is 0 Å². The molecule has 0 bridgehead atoms. The zero-order valence-electron chi connectivity index (χ0n) is 10.7. The van der Waals surface area contributed by atoms with Gasteiger partial charge in [0, 0.05) is 0 Å². The SMILES string of the molecule is C=COC(=O)CC=COC(=O)OC=CCC(=O)OC=C. The Hall–Kier alpha value is -2.83. The molecule has 0 spiro atoms. The van der Waals surface area contributed by atoms with Crippen molar-refractivity contribution < 1.29 is 33.3 Å². The van der Waals surface area contributed by atoms with Crippen LogP contribution in [0.4, 0.5) is 4.79 Å². The van der Waals surface area contributed by atoms with Gasteiger partial charge < -0.3 is 18.9 Å². The highest BCUT2D eigenvalue weighted by Crippen LogP contribution is 1.94. The number of carbonyl (C=O) groups excluding carboxylic acids is 3. The number of esters is 2. The second-order valence-corrected chi connectivity index (χ2v) is 2.95. The predicted octanol–water partition coefficient (Wildman–Crippen LogP) is 2.32. The Kier molecular flexibility index (Phi) is 9.68. The van der Waals surface area contributed by atoms with Gasteiger partial charge in [-0.2, -0.15) is 0 Å². The third-order valence-corrected chi connectivity index (χ3v) is 1.52. The molecule has 0 aliphatic carbocycles. The van der Waals surface area contributed by atoms with Crippen LogP contribution in [0.5, 0.6) is 0 Å². The van der Waals surface area contributed by atoms with Crippen molar-refractivity contribution in [2.24, 2.45) is 0 Å². The van der Waals surface area contributed by atoms with Crippen molar-refractivity contribution >= 4 is 18.1 Å². The standard InChI is InChI=1S/C13H14O7/c1-3-17-11(14)7-5-9-19-13(16)20-10-6-8-12(15)18-4-2/h3-6,9-10H,1-2,7-8H2. The third kappa shape index (κ3) is 10.3. The summed E-state index contributed by atoms with van der Waals surface area (Å²) in [5.41, 5.74) is 0. The monoisotopic (exact) mass is 282 g/mol. The van der Waals surface area contributed by atoms with E-state index in [2.05, 4.69) is 32.1 Å². The molecule has 0 aromatic rings. The van der Waals surface area contributed by atoms with Gasteiger partial charge in [0.1, 0.15) is 0 Å². The molecular formula is C13H14O7. The minimum atomic E-state index is -1.02. The lowest BCUT2D eigenvalue weighted by Gasteiger charge is -1.97. The summed E-state index contributed by atoms with van der Waals surface area (Å²) in [6.45, 7) is 6.41. The Balaban J connectivity index is 3.78. The molecule has 0 aromatic carbocycles. The number of carbonyl (C=O) groups is 3. The summed E-state index contributed by atoms with van der Waals surface area (Å²) in [5.74, 6) is -1.09. The smallest absolute Gasteiger partial charge is 0.435 e. The van der Waals surface area contributed by atoms with E-state index in [9.17, 15) is 14.4 Å². The van der Waals surface area contributed by atoms with Crippen molar-refractivity contribution in [3.8, 4) is 0 Å². The lowest BCUT2D eigenvalue weighted by molar-refractivity contribution is -0.137. The second-order valence-electron chi connectivity index (χ2n) is 2.95. The molecule has 0 radical (unpaired) electrons. The van der Waals surface area contributed by atoms with Crippen molar-refractivity contribution in [2.75, 3.05) is 0 Å². The highest BCUT2D eigenvalue weighted by molar-refractivity contribution is 5.72. The van der Waals surface area contributed by atoms with Crippen LogP contribution in [0.3, 0.4) is 0 Å². The van der Waals surface area contributed by atoms with Crippen molar-refractivity contribution in [2.45, 2.75) is 12.8 Å². The van der Waals surface area contributed by atoms with Crippen LogP contribution in [-0.2, 0) is 28.5 Å². The molecule has 0 aliphatic rings. The highest BCUT2D eigenvalue weighted by Gasteiger charge is 2.00. The van der Waals surface area contributed by atoms with Gasteiger partial charge in [0.15, 0.2) is 0 Å². The summed E-state index contributed by atoms with van der Waals surface area (Å²) in [5, 5.41) is 0. The molecule has 0 N–H and O–H groups in total. The molecule has 0 heterocycles. The summed E-state index contributed by atoms with van der Waals surface area (Å²) >= 11 is 0. The normalized spacial score (nSPS) is 10.0. The van der Waals surface area contributed by atoms with Crippen LogP contribution < -0.4 is 0 Å². The van der Waals surface area contributed by atoms with Crippen LogP contribution in [0.2, 0.25) is 0 Å². The quantitative estimate of drug-likeness (QED) is 0.383. The van der Waals surface area contributed by atoms with Crippen LogP contribution in [0.15, 0.2) is 50.4 Å². The van der Waals surface area contributed by atoms with Crippen LogP contribution in [0.1, 0.15) is 12.8 Å². The van der Waals surface area contributed by atoms with Gasteiger partial charge in [0.05, 0.1) is 37.9 Å². The topological polar surface area (TPSA) is 88.1 Å². The van der Waals surface area contributed by atoms with Crippen molar-refractivity contribution in [3.05, 3.63) is 50.4 Å². The summed E-state index contributed by atoms with van der Waals surface area (Å²) in [6, 6.07) is 0. The molecule has 108 valence electrons. The van der Waals surface area contributed by atoms with Gasteiger partial charge in [0.25, 0.3) is 0 Å². The maximum Gasteiger partial charge on any atom is 0.518 e. The Labute approximate surface area is 115 Å². The first-order chi connectivity index (χ1) is 9.60. The third-order valence-electron chi connectivity index (χ3n) is 1.52. The molecule has 0 amide bonds. The van der Waals surface area contributed by atoms with E-state index in [1.54, 1.807) is 0 Å². The van der Waals surface area contributed by atoms with Crippen molar-refractivity contribution in [1.29, 1.82) is 0 Å². The average molecular weight is 282 g/mol. The minimum Gasteiger partial charge on any atom is -0.435 e. The fourth-order valence-electron chi connectivity index (χ4n) is 0.806. The Morgan fingerprint density at radius 1 is 0.750 bits per heavy atom. The van der Waals surface area contributed by atoms with E-state index >= 15 is 0 Å². The van der Waals surface area contributed by atoms with Crippen LogP contribution >= 0.6 is 0 Å². The molecule has 20 heavy (non-hydrogen) atoms. The van der Waals surface area contributed by atoms with E-state index in [1.165, 1.54) is 12.2 Å². The zero-order valence-corrected chi connectivity index (χ0v) is 10.7. The second kappa shape index (κ2) is 11.3. The fraction of sp³-hybridized carbons (Fsp3) is 0.154. The van der Waals surface area contributed by atoms with Gasteiger partial charge in [-0.05, 0) is 12.2 Å². The first kappa shape index (κ1) is 17.2. The van der Waals surface area contributed by atoms with Gasteiger partial charge in [-0.1, -0.05) is 13.2 Å². The highest BCUT2D eigenvalue weighted by atomic mass is 16.7. The molecular weight excluding hydrogens is 268 g/mol. The van der Waals surface area contributed by atoms with Gasteiger partial charge in [-0.15, -0.1) is 0 Å². The van der Waals surface area contributed by atoms with Crippen LogP contribution in [0.25, 0.3) is 0 Å². The summed E-state index contributed by atoms with van der Waals surface area (Å²) in [4.78, 5) is 32.6. The van der Waals surface area contributed by atoms with Gasteiger partial charge in [0.2, 0.25) is 0 Å². The zero-order chi connectivity index (χ0) is 15.2. The maximum absolute atomic E-state index is 11.0. The van der Waals surface area contributed by atoms with Gasteiger partial charge >= 0.3 is 18.1 Å². The predicted molar refractivity (Wildman–Crippen MR) is 67.7 cm³/mol. The summed E-state index contributed by atoms with van der Waals surface area (Å²) in [6.07, 6.45) is 5.29. The van der Waals surface area contributed by atoms with E-state index in [0.29, 0.717) is 0 Å². The minimum absolute atomic E-state index is 0.0808. The lowest BCUT2D eigenvalue weighted by Crippen LogP contribution is -2.00. The van der Waals surface area contributed by atoms with Gasteiger partial charge in [-0.25, -0.2) is 4.79 Å².